The van der Waals surface area contributed by atoms with Gasteiger partial charge >= 0.3 is 0 Å². The van der Waals surface area contributed by atoms with E-state index in [1.807, 2.05) is 19.2 Å². The number of methoxy groups -OCH3 is 2. The van der Waals surface area contributed by atoms with E-state index >= 15 is 0 Å². The molecular formula is C16H27NO2. The Hall–Kier alpha value is -1.22. The van der Waals surface area contributed by atoms with Gasteiger partial charge in [0, 0.05) is 5.56 Å². The highest BCUT2D eigenvalue weighted by Gasteiger charge is 2.28. The zero-order chi connectivity index (χ0) is 14.5. The predicted molar refractivity (Wildman–Crippen MR) is 80.3 cm³/mol. The van der Waals surface area contributed by atoms with Crippen LogP contribution >= 0.6 is 0 Å². The molecule has 0 bridgehead atoms. The van der Waals surface area contributed by atoms with Crippen molar-refractivity contribution in [1.82, 2.24) is 5.32 Å². The highest BCUT2D eigenvalue weighted by atomic mass is 16.5. The first-order valence-corrected chi connectivity index (χ1v) is 6.80. The van der Waals surface area contributed by atoms with Gasteiger partial charge in [-0.25, -0.2) is 0 Å². The van der Waals surface area contributed by atoms with Crippen LogP contribution in [0.2, 0.25) is 0 Å². The molecule has 0 saturated carbocycles. The zero-order valence-electron chi connectivity index (χ0n) is 13.0. The smallest absolute Gasteiger partial charge is 0.122 e. The Morgan fingerprint density at radius 2 is 1.84 bits per heavy atom. The fourth-order valence-corrected chi connectivity index (χ4v) is 2.46. The Morgan fingerprint density at radius 3 is 2.32 bits per heavy atom. The number of ether oxygens (including phenoxy) is 2. The van der Waals surface area contributed by atoms with Crippen molar-refractivity contribution in [2.45, 2.75) is 33.1 Å². The van der Waals surface area contributed by atoms with E-state index in [0.29, 0.717) is 5.92 Å². The molecule has 0 amide bonds. The molecule has 1 atom stereocenters. The van der Waals surface area contributed by atoms with Gasteiger partial charge in [0.25, 0.3) is 0 Å². The van der Waals surface area contributed by atoms with Crippen molar-refractivity contribution in [3.63, 3.8) is 0 Å². The molecule has 0 aliphatic carbocycles. The van der Waals surface area contributed by atoms with E-state index in [4.69, 9.17) is 9.47 Å². The summed E-state index contributed by atoms with van der Waals surface area (Å²) in [4.78, 5) is 0. The Kier molecular flexibility index (Phi) is 5.67. The minimum Gasteiger partial charge on any atom is -0.497 e. The van der Waals surface area contributed by atoms with Crippen molar-refractivity contribution >= 4 is 0 Å². The van der Waals surface area contributed by atoms with Crippen LogP contribution < -0.4 is 14.8 Å². The summed E-state index contributed by atoms with van der Waals surface area (Å²) in [7, 11) is 5.41. The molecular weight excluding hydrogens is 238 g/mol. The lowest BCUT2D eigenvalue weighted by Gasteiger charge is -2.32. The van der Waals surface area contributed by atoms with E-state index in [9.17, 15) is 0 Å². The maximum absolute atomic E-state index is 5.52. The number of hydrogen-bond acceptors (Lipinski definition) is 3. The number of nitrogens with one attached hydrogen (secondary N) is 1. The lowest BCUT2D eigenvalue weighted by atomic mass is 9.74. The second kappa shape index (κ2) is 6.80. The van der Waals surface area contributed by atoms with E-state index in [1.165, 1.54) is 5.56 Å². The van der Waals surface area contributed by atoms with Crippen molar-refractivity contribution in [3.8, 4) is 11.5 Å². The van der Waals surface area contributed by atoms with Crippen LogP contribution in [-0.2, 0) is 0 Å². The summed E-state index contributed by atoms with van der Waals surface area (Å²) in [6, 6.07) is 6.04. The maximum Gasteiger partial charge on any atom is 0.122 e. The third-order valence-corrected chi connectivity index (χ3v) is 3.54. The van der Waals surface area contributed by atoms with Crippen molar-refractivity contribution in [2.75, 3.05) is 27.8 Å². The lowest BCUT2D eigenvalue weighted by molar-refractivity contribution is 0.292. The molecule has 3 heteroatoms. The Labute approximate surface area is 117 Å². The molecule has 1 unspecified atom stereocenters. The van der Waals surface area contributed by atoms with E-state index in [-0.39, 0.29) is 5.41 Å². The number of benzene rings is 1. The lowest BCUT2D eigenvalue weighted by Crippen LogP contribution is -2.23. The Balaban J connectivity index is 3.19. The monoisotopic (exact) mass is 265 g/mol. The second-order valence-electron chi connectivity index (χ2n) is 5.92. The Morgan fingerprint density at radius 1 is 1.16 bits per heavy atom. The van der Waals surface area contributed by atoms with Crippen LogP contribution in [0.1, 0.15) is 38.7 Å². The van der Waals surface area contributed by atoms with E-state index in [0.717, 1.165) is 24.5 Å². The standard InChI is InChI=1S/C16H27NO2/c1-16(2,3)14(9-10-17-4)13-11-12(18-5)7-8-15(13)19-6/h7-8,11,14,17H,9-10H2,1-6H3. The average molecular weight is 265 g/mol. The minimum atomic E-state index is 0.177. The van der Waals surface area contributed by atoms with Gasteiger partial charge in [0.1, 0.15) is 11.5 Å². The van der Waals surface area contributed by atoms with Crippen LogP contribution in [0, 0.1) is 5.41 Å². The molecule has 1 rings (SSSR count). The molecule has 1 aromatic rings. The molecule has 108 valence electrons. The molecule has 3 nitrogen and oxygen atoms in total. The van der Waals surface area contributed by atoms with Crippen LogP contribution in [0.5, 0.6) is 11.5 Å². The third-order valence-electron chi connectivity index (χ3n) is 3.54. The van der Waals surface area contributed by atoms with Crippen LogP contribution in [0.25, 0.3) is 0 Å². The van der Waals surface area contributed by atoms with Gasteiger partial charge in [-0.3, -0.25) is 0 Å². The molecule has 0 saturated heterocycles. The molecule has 0 aliphatic rings. The summed E-state index contributed by atoms with van der Waals surface area (Å²) in [5.74, 6) is 2.25. The van der Waals surface area contributed by atoms with Gasteiger partial charge in [0.05, 0.1) is 14.2 Å². The first-order chi connectivity index (χ1) is 8.93. The van der Waals surface area contributed by atoms with Gasteiger partial charge in [-0.05, 0) is 49.5 Å². The first-order valence-electron chi connectivity index (χ1n) is 6.80. The zero-order valence-corrected chi connectivity index (χ0v) is 13.0. The van der Waals surface area contributed by atoms with Gasteiger partial charge in [0.2, 0.25) is 0 Å². The molecule has 0 aliphatic heterocycles. The van der Waals surface area contributed by atoms with Crippen molar-refractivity contribution < 1.29 is 9.47 Å². The summed E-state index contributed by atoms with van der Waals surface area (Å²) >= 11 is 0. The molecule has 0 radical (unpaired) electrons. The molecule has 0 heterocycles. The van der Waals surface area contributed by atoms with Gasteiger partial charge in [-0.15, -0.1) is 0 Å². The summed E-state index contributed by atoms with van der Waals surface area (Å²) in [5, 5.41) is 3.23. The maximum atomic E-state index is 5.52. The molecule has 0 spiro atoms. The van der Waals surface area contributed by atoms with E-state index in [2.05, 4.69) is 32.2 Å². The summed E-state index contributed by atoms with van der Waals surface area (Å²) in [6.07, 6.45) is 1.07. The third kappa shape index (κ3) is 4.13. The van der Waals surface area contributed by atoms with Crippen molar-refractivity contribution in [2.24, 2.45) is 5.41 Å². The van der Waals surface area contributed by atoms with Crippen LogP contribution in [0.4, 0.5) is 0 Å². The van der Waals surface area contributed by atoms with Crippen LogP contribution in [-0.4, -0.2) is 27.8 Å². The normalized spacial score (nSPS) is 13.2. The van der Waals surface area contributed by atoms with Crippen LogP contribution in [0.3, 0.4) is 0 Å². The minimum absolute atomic E-state index is 0.177. The molecule has 0 fully saturated rings. The molecule has 0 aromatic heterocycles. The highest BCUT2D eigenvalue weighted by molar-refractivity contribution is 5.43. The van der Waals surface area contributed by atoms with Crippen LogP contribution in [0.15, 0.2) is 18.2 Å². The fraction of sp³-hybridized carbons (Fsp3) is 0.625. The average Bonchev–Trinajstić information content (AvgIpc) is 2.37. The largest absolute Gasteiger partial charge is 0.497 e. The summed E-state index contributed by atoms with van der Waals surface area (Å²) in [6.45, 7) is 7.80. The highest BCUT2D eigenvalue weighted by Crippen LogP contribution is 2.42. The van der Waals surface area contributed by atoms with Gasteiger partial charge in [-0.2, -0.15) is 0 Å². The van der Waals surface area contributed by atoms with E-state index < -0.39 is 0 Å². The first kappa shape index (κ1) is 15.8. The Bertz CT molecular complexity index is 396. The van der Waals surface area contributed by atoms with Gasteiger partial charge in [0.15, 0.2) is 0 Å². The van der Waals surface area contributed by atoms with E-state index in [1.54, 1.807) is 14.2 Å². The molecule has 1 N–H and O–H groups in total. The number of hydrogen-bond donors (Lipinski definition) is 1. The molecule has 1 aromatic carbocycles. The summed E-state index contributed by atoms with van der Waals surface area (Å²) < 4.78 is 10.9. The van der Waals surface area contributed by atoms with Crippen molar-refractivity contribution in [3.05, 3.63) is 23.8 Å². The predicted octanol–water partition coefficient (Wildman–Crippen LogP) is 3.44. The number of rotatable bonds is 6. The molecule has 19 heavy (non-hydrogen) atoms. The van der Waals surface area contributed by atoms with Gasteiger partial charge in [-0.1, -0.05) is 20.8 Å². The summed E-state index contributed by atoms with van der Waals surface area (Å²) in [5.41, 5.74) is 1.40. The fourth-order valence-electron chi connectivity index (χ4n) is 2.46. The quantitative estimate of drug-likeness (QED) is 0.854. The topological polar surface area (TPSA) is 30.5 Å². The van der Waals surface area contributed by atoms with Gasteiger partial charge < -0.3 is 14.8 Å². The SMILES string of the molecule is CNCCC(c1cc(OC)ccc1OC)C(C)(C)C. The van der Waals surface area contributed by atoms with Crippen molar-refractivity contribution in [1.29, 1.82) is 0 Å². The second-order valence-corrected chi connectivity index (χ2v) is 5.92.